The van der Waals surface area contributed by atoms with Crippen molar-refractivity contribution in [3.8, 4) is 11.5 Å². The minimum Gasteiger partial charge on any atom is -0.493 e. The fraction of sp³-hybridized carbons (Fsp3) is 0.483. The summed E-state index contributed by atoms with van der Waals surface area (Å²) in [6.45, 7) is 7.41. The summed E-state index contributed by atoms with van der Waals surface area (Å²) in [5.41, 5.74) is 1.27. The van der Waals surface area contributed by atoms with Crippen molar-refractivity contribution in [2.24, 2.45) is 5.92 Å². The maximum absolute atomic E-state index is 12.7. The lowest BCUT2D eigenvalue weighted by Gasteiger charge is -2.34. The van der Waals surface area contributed by atoms with Gasteiger partial charge in [-0.3, -0.25) is 9.59 Å². The SMILES string of the molecule is COc1ccc(CC(=O)Nc2cccc(C(=O)NCCC3CCCN(C(=O)OC(C)(C)C)C3)c2)cc1OC. The first-order valence-electron chi connectivity index (χ1n) is 12.9. The zero-order valence-electron chi connectivity index (χ0n) is 23.0. The van der Waals surface area contributed by atoms with Gasteiger partial charge in [0.2, 0.25) is 5.91 Å². The molecule has 2 aromatic rings. The summed E-state index contributed by atoms with van der Waals surface area (Å²) in [7, 11) is 3.11. The topological polar surface area (TPSA) is 106 Å². The highest BCUT2D eigenvalue weighted by atomic mass is 16.6. The minimum atomic E-state index is -0.519. The fourth-order valence-corrected chi connectivity index (χ4v) is 4.40. The van der Waals surface area contributed by atoms with E-state index in [0.717, 1.165) is 24.8 Å². The van der Waals surface area contributed by atoms with Crippen molar-refractivity contribution < 1.29 is 28.6 Å². The van der Waals surface area contributed by atoms with Gasteiger partial charge < -0.3 is 29.7 Å². The van der Waals surface area contributed by atoms with Gasteiger partial charge in [-0.1, -0.05) is 12.1 Å². The van der Waals surface area contributed by atoms with Crippen LogP contribution in [0.25, 0.3) is 0 Å². The van der Waals surface area contributed by atoms with Gasteiger partial charge >= 0.3 is 6.09 Å². The molecule has 0 radical (unpaired) electrons. The van der Waals surface area contributed by atoms with Crippen molar-refractivity contribution in [3.05, 3.63) is 53.6 Å². The summed E-state index contributed by atoms with van der Waals surface area (Å²) in [6.07, 6.45) is 2.57. The molecule has 0 bridgehead atoms. The van der Waals surface area contributed by atoms with Gasteiger partial charge in [-0.2, -0.15) is 0 Å². The van der Waals surface area contributed by atoms with Crippen LogP contribution in [0.15, 0.2) is 42.5 Å². The molecule has 1 aliphatic heterocycles. The second-order valence-corrected chi connectivity index (χ2v) is 10.5. The van der Waals surface area contributed by atoms with Crippen LogP contribution in [-0.4, -0.2) is 62.3 Å². The van der Waals surface area contributed by atoms with E-state index >= 15 is 0 Å². The normalized spacial score (nSPS) is 15.4. The Labute approximate surface area is 224 Å². The Morgan fingerprint density at radius 1 is 1.03 bits per heavy atom. The minimum absolute atomic E-state index is 0.151. The molecule has 9 nitrogen and oxygen atoms in total. The number of carbonyl (C=O) groups excluding carboxylic acids is 3. The van der Waals surface area contributed by atoms with Gasteiger partial charge in [0.15, 0.2) is 11.5 Å². The third kappa shape index (κ3) is 8.68. The zero-order chi connectivity index (χ0) is 27.7. The molecule has 206 valence electrons. The van der Waals surface area contributed by atoms with Crippen molar-refractivity contribution in [1.82, 2.24) is 10.2 Å². The van der Waals surface area contributed by atoms with E-state index in [2.05, 4.69) is 10.6 Å². The summed E-state index contributed by atoms with van der Waals surface area (Å²) in [5, 5.41) is 5.81. The Balaban J connectivity index is 1.48. The van der Waals surface area contributed by atoms with Crippen LogP contribution >= 0.6 is 0 Å². The van der Waals surface area contributed by atoms with E-state index in [0.29, 0.717) is 48.3 Å². The van der Waals surface area contributed by atoms with Crippen LogP contribution in [-0.2, 0) is 16.0 Å². The van der Waals surface area contributed by atoms with Crippen molar-refractivity contribution in [1.29, 1.82) is 0 Å². The predicted molar refractivity (Wildman–Crippen MR) is 146 cm³/mol. The first kappa shape index (κ1) is 28.8. The molecule has 0 spiro atoms. The number of nitrogens with one attached hydrogen (secondary N) is 2. The number of benzene rings is 2. The highest BCUT2D eigenvalue weighted by Crippen LogP contribution is 2.28. The number of nitrogens with zero attached hydrogens (tertiary/aromatic N) is 1. The molecule has 1 aliphatic rings. The van der Waals surface area contributed by atoms with Gasteiger partial charge in [0.05, 0.1) is 20.6 Å². The number of rotatable bonds is 9. The van der Waals surface area contributed by atoms with E-state index in [9.17, 15) is 14.4 Å². The Morgan fingerprint density at radius 3 is 2.50 bits per heavy atom. The monoisotopic (exact) mass is 525 g/mol. The Morgan fingerprint density at radius 2 is 1.79 bits per heavy atom. The van der Waals surface area contributed by atoms with Crippen molar-refractivity contribution in [2.75, 3.05) is 39.2 Å². The molecule has 0 saturated carbocycles. The molecule has 1 heterocycles. The third-order valence-corrected chi connectivity index (χ3v) is 6.23. The molecule has 3 amide bonds. The molecule has 2 aromatic carbocycles. The number of anilines is 1. The Kier molecular flexibility index (Phi) is 9.98. The van der Waals surface area contributed by atoms with Crippen LogP contribution in [0.4, 0.5) is 10.5 Å². The summed E-state index contributed by atoms with van der Waals surface area (Å²) in [6, 6.07) is 12.2. The summed E-state index contributed by atoms with van der Waals surface area (Å²) < 4.78 is 16.0. The zero-order valence-corrected chi connectivity index (χ0v) is 23.0. The molecular weight excluding hydrogens is 486 g/mol. The maximum atomic E-state index is 12.7. The molecule has 1 fully saturated rings. The van der Waals surface area contributed by atoms with Gasteiger partial charge in [-0.25, -0.2) is 4.79 Å². The van der Waals surface area contributed by atoms with Crippen molar-refractivity contribution in [2.45, 2.75) is 52.1 Å². The second-order valence-electron chi connectivity index (χ2n) is 10.5. The molecule has 2 N–H and O–H groups in total. The van der Waals surface area contributed by atoms with Gasteiger partial charge in [0.25, 0.3) is 5.91 Å². The number of ether oxygens (including phenoxy) is 3. The lowest BCUT2D eigenvalue weighted by molar-refractivity contribution is -0.115. The number of hydrogen-bond donors (Lipinski definition) is 2. The Bertz CT molecular complexity index is 1130. The summed E-state index contributed by atoms with van der Waals surface area (Å²) >= 11 is 0. The fourth-order valence-electron chi connectivity index (χ4n) is 4.40. The summed E-state index contributed by atoms with van der Waals surface area (Å²) in [5.74, 6) is 1.04. The highest BCUT2D eigenvalue weighted by molar-refractivity contribution is 5.97. The van der Waals surface area contributed by atoms with Crippen LogP contribution in [0.5, 0.6) is 11.5 Å². The molecule has 0 aliphatic carbocycles. The van der Waals surface area contributed by atoms with Crippen LogP contribution in [0.1, 0.15) is 56.0 Å². The van der Waals surface area contributed by atoms with Crippen LogP contribution in [0.3, 0.4) is 0 Å². The lowest BCUT2D eigenvalue weighted by atomic mass is 9.95. The molecule has 0 aromatic heterocycles. The van der Waals surface area contributed by atoms with Gasteiger partial charge in [0.1, 0.15) is 5.60 Å². The standard InChI is InChI=1S/C29H39N3O6/c1-29(2,3)38-28(35)32-15-7-8-20(19-32)13-14-30-27(34)22-9-6-10-23(18-22)31-26(33)17-21-11-12-24(36-4)25(16-21)37-5/h6,9-12,16,18,20H,7-8,13-15,17,19H2,1-5H3,(H,30,34)(H,31,33). The number of hydrogen-bond acceptors (Lipinski definition) is 6. The van der Waals surface area contributed by atoms with Crippen LogP contribution < -0.4 is 20.1 Å². The molecule has 1 unspecified atom stereocenters. The number of methoxy groups -OCH3 is 2. The van der Waals surface area contributed by atoms with Crippen molar-refractivity contribution in [3.63, 3.8) is 0 Å². The maximum Gasteiger partial charge on any atom is 0.410 e. The van der Waals surface area contributed by atoms with E-state index in [1.54, 1.807) is 55.5 Å². The van der Waals surface area contributed by atoms with Crippen molar-refractivity contribution >= 4 is 23.6 Å². The van der Waals surface area contributed by atoms with E-state index in [-0.39, 0.29) is 24.3 Å². The average molecular weight is 526 g/mol. The molecule has 3 rings (SSSR count). The second kappa shape index (κ2) is 13.2. The first-order chi connectivity index (χ1) is 18.1. The smallest absolute Gasteiger partial charge is 0.410 e. The lowest BCUT2D eigenvalue weighted by Crippen LogP contribution is -2.43. The van der Waals surface area contributed by atoms with E-state index in [1.165, 1.54) is 0 Å². The number of amides is 3. The highest BCUT2D eigenvalue weighted by Gasteiger charge is 2.27. The Hall–Kier alpha value is -3.75. The molecular formula is C29H39N3O6. The van der Waals surface area contributed by atoms with Crippen LogP contribution in [0.2, 0.25) is 0 Å². The van der Waals surface area contributed by atoms with Crippen LogP contribution in [0, 0.1) is 5.92 Å². The number of likely N-dealkylation sites (tertiary alicyclic amines) is 1. The molecule has 1 atom stereocenters. The van der Waals surface area contributed by atoms with E-state index in [1.807, 2.05) is 26.8 Å². The summed E-state index contributed by atoms with van der Waals surface area (Å²) in [4.78, 5) is 39.5. The van der Waals surface area contributed by atoms with E-state index in [4.69, 9.17) is 14.2 Å². The third-order valence-electron chi connectivity index (χ3n) is 6.23. The molecule has 1 saturated heterocycles. The predicted octanol–water partition coefficient (Wildman–Crippen LogP) is 4.65. The van der Waals surface area contributed by atoms with Gasteiger partial charge in [-0.15, -0.1) is 0 Å². The molecule has 38 heavy (non-hydrogen) atoms. The average Bonchev–Trinajstić information content (AvgIpc) is 2.87. The van der Waals surface area contributed by atoms with Gasteiger partial charge in [0, 0.05) is 30.9 Å². The largest absolute Gasteiger partial charge is 0.493 e. The quantitative estimate of drug-likeness (QED) is 0.494. The van der Waals surface area contributed by atoms with Gasteiger partial charge in [-0.05, 0) is 81.8 Å². The van der Waals surface area contributed by atoms with E-state index < -0.39 is 5.60 Å². The number of carbonyl (C=O) groups is 3. The molecule has 9 heteroatoms. The number of piperidine rings is 1. The first-order valence-corrected chi connectivity index (χ1v) is 12.9.